The average molecular weight is 432 g/mol. The zero-order valence-electron chi connectivity index (χ0n) is 18.6. The second-order valence-corrected chi connectivity index (χ2v) is 8.72. The summed E-state index contributed by atoms with van der Waals surface area (Å²) < 4.78 is 3.76. The van der Waals surface area contributed by atoms with Gasteiger partial charge in [0.2, 0.25) is 0 Å². The van der Waals surface area contributed by atoms with Crippen molar-refractivity contribution in [2.45, 2.75) is 20.3 Å². The molecule has 0 radical (unpaired) electrons. The highest BCUT2D eigenvalue weighted by atomic mass is 16.2. The van der Waals surface area contributed by atoms with Crippen LogP contribution in [0.15, 0.2) is 55.2 Å². The number of para-hydroxylation sites is 1. The zero-order chi connectivity index (χ0) is 22.1. The van der Waals surface area contributed by atoms with Crippen molar-refractivity contribution in [2.75, 3.05) is 42.5 Å². The van der Waals surface area contributed by atoms with Gasteiger partial charge in [0.15, 0.2) is 0 Å². The molecule has 4 heterocycles. The van der Waals surface area contributed by atoms with Crippen molar-refractivity contribution < 1.29 is 4.79 Å². The van der Waals surface area contributed by atoms with E-state index in [1.807, 2.05) is 24.7 Å². The lowest BCUT2D eigenvalue weighted by molar-refractivity contribution is 0.242. The fourth-order valence-corrected chi connectivity index (χ4v) is 4.36. The fourth-order valence-electron chi connectivity index (χ4n) is 4.36. The molecule has 1 aromatic carbocycles. The number of carbonyl (C=O) groups is 1. The molecule has 0 atom stereocenters. The van der Waals surface area contributed by atoms with Gasteiger partial charge in [-0.05, 0) is 36.6 Å². The first-order chi connectivity index (χ1) is 15.6. The number of hydrogen-bond donors (Lipinski definition) is 1. The molecule has 8 nitrogen and oxygen atoms in total. The van der Waals surface area contributed by atoms with Crippen LogP contribution in [0.5, 0.6) is 0 Å². The van der Waals surface area contributed by atoms with Gasteiger partial charge in [0.1, 0.15) is 24.0 Å². The summed E-state index contributed by atoms with van der Waals surface area (Å²) in [5, 5.41) is 3.00. The van der Waals surface area contributed by atoms with Crippen LogP contribution in [0.2, 0.25) is 0 Å². The molecule has 0 saturated carbocycles. The summed E-state index contributed by atoms with van der Waals surface area (Å²) in [4.78, 5) is 26.3. The molecule has 32 heavy (non-hydrogen) atoms. The third-order valence-electron chi connectivity index (χ3n) is 6.14. The lowest BCUT2D eigenvalue weighted by Gasteiger charge is -2.37. The number of pyridine rings is 1. The van der Waals surface area contributed by atoms with Crippen LogP contribution in [-0.2, 0) is 0 Å². The number of hydrogen-bond acceptors (Lipinski definition) is 5. The molecule has 5 rings (SSSR count). The summed E-state index contributed by atoms with van der Waals surface area (Å²) in [6, 6.07) is 12.2. The number of anilines is 2. The molecule has 0 unspecified atom stereocenters. The van der Waals surface area contributed by atoms with Crippen molar-refractivity contribution in [1.29, 1.82) is 0 Å². The first kappa shape index (κ1) is 20.4. The van der Waals surface area contributed by atoms with Crippen LogP contribution >= 0.6 is 0 Å². The highest BCUT2D eigenvalue weighted by molar-refractivity contribution is 5.95. The topological polar surface area (TPSA) is 70.7 Å². The Morgan fingerprint density at radius 2 is 1.81 bits per heavy atom. The molecular weight excluding hydrogens is 402 g/mol. The zero-order valence-corrected chi connectivity index (χ0v) is 18.6. The molecule has 8 heteroatoms. The Balaban J connectivity index is 1.32. The number of nitrogens with zero attached hydrogens (tertiary/aromatic N) is 6. The number of amides is 1. The second kappa shape index (κ2) is 8.53. The lowest BCUT2D eigenvalue weighted by Crippen LogP contribution is -2.47. The number of nitrogens with one attached hydrogen (secondary N) is 1. The van der Waals surface area contributed by atoms with E-state index in [9.17, 15) is 4.79 Å². The van der Waals surface area contributed by atoms with Crippen molar-refractivity contribution in [3.8, 4) is 0 Å². The fraction of sp³-hybridized carbons (Fsp3) is 0.375. The maximum atomic E-state index is 12.7. The highest BCUT2D eigenvalue weighted by Gasteiger charge is 2.22. The summed E-state index contributed by atoms with van der Waals surface area (Å²) in [5.74, 6) is 1.72. The summed E-state index contributed by atoms with van der Waals surface area (Å²) in [6.45, 7) is 8.56. The van der Waals surface area contributed by atoms with Gasteiger partial charge in [0.25, 0.3) is 0 Å². The van der Waals surface area contributed by atoms with E-state index in [4.69, 9.17) is 0 Å². The van der Waals surface area contributed by atoms with E-state index < -0.39 is 0 Å². The molecule has 1 saturated heterocycles. The van der Waals surface area contributed by atoms with Crippen molar-refractivity contribution >= 4 is 34.1 Å². The minimum atomic E-state index is -0.122. The SMILES string of the molecule is CC(C)CCNC(=O)n1cnc2c(N3CCN(c4cccc5cncn45)CC3)cccc21. The van der Waals surface area contributed by atoms with E-state index in [0.29, 0.717) is 12.5 Å². The maximum absolute atomic E-state index is 12.7. The average Bonchev–Trinajstić information content (AvgIpc) is 3.46. The minimum absolute atomic E-state index is 0.122. The quantitative estimate of drug-likeness (QED) is 0.523. The molecule has 1 amide bonds. The maximum Gasteiger partial charge on any atom is 0.327 e. The summed E-state index contributed by atoms with van der Waals surface area (Å²) in [7, 11) is 0. The van der Waals surface area contributed by atoms with Crippen LogP contribution < -0.4 is 15.1 Å². The predicted molar refractivity (Wildman–Crippen MR) is 128 cm³/mol. The van der Waals surface area contributed by atoms with Crippen LogP contribution in [0.1, 0.15) is 20.3 Å². The van der Waals surface area contributed by atoms with Crippen LogP contribution in [0.25, 0.3) is 16.6 Å². The predicted octanol–water partition coefficient (Wildman–Crippen LogP) is 3.61. The van der Waals surface area contributed by atoms with Crippen molar-refractivity contribution in [3.05, 3.63) is 55.2 Å². The van der Waals surface area contributed by atoms with Crippen molar-refractivity contribution in [3.63, 3.8) is 0 Å². The number of fused-ring (bicyclic) bond motifs is 2. The molecule has 4 aromatic rings. The van der Waals surface area contributed by atoms with E-state index in [1.54, 1.807) is 10.9 Å². The number of rotatable bonds is 5. The first-order valence-corrected chi connectivity index (χ1v) is 11.3. The van der Waals surface area contributed by atoms with E-state index >= 15 is 0 Å². The van der Waals surface area contributed by atoms with E-state index in [2.05, 4.69) is 67.6 Å². The van der Waals surface area contributed by atoms with Gasteiger partial charge in [-0.3, -0.25) is 8.97 Å². The number of aromatic nitrogens is 4. The Labute approximate surface area is 187 Å². The first-order valence-electron chi connectivity index (χ1n) is 11.3. The smallest absolute Gasteiger partial charge is 0.327 e. The van der Waals surface area contributed by atoms with Gasteiger partial charge in [0, 0.05) is 32.7 Å². The van der Waals surface area contributed by atoms with Gasteiger partial charge in [-0.2, -0.15) is 0 Å². The Morgan fingerprint density at radius 1 is 1.03 bits per heavy atom. The highest BCUT2D eigenvalue weighted by Crippen LogP contribution is 2.28. The number of piperazine rings is 1. The number of imidazole rings is 2. The molecule has 0 aliphatic carbocycles. The van der Waals surface area contributed by atoms with Crippen LogP contribution in [0, 0.1) is 5.92 Å². The molecular formula is C24H29N7O. The molecule has 1 fully saturated rings. The van der Waals surface area contributed by atoms with Crippen LogP contribution in [0.4, 0.5) is 16.3 Å². The Kier molecular flexibility index (Phi) is 5.43. The third kappa shape index (κ3) is 3.77. The number of carbonyl (C=O) groups excluding carboxylic acids is 1. The standard InChI is InChI=1S/C24H29N7O/c1-18(2)9-10-26-24(32)31-17-27-23-20(6-4-7-21(23)31)28-11-13-29(14-12-28)22-8-3-5-19-15-25-16-30(19)22/h3-8,15-18H,9-14H2,1-2H3,(H,26,32). The largest absolute Gasteiger partial charge is 0.366 e. The number of benzene rings is 1. The van der Waals surface area contributed by atoms with E-state index in [-0.39, 0.29) is 6.03 Å². The van der Waals surface area contributed by atoms with Gasteiger partial charge in [-0.25, -0.2) is 14.8 Å². The monoisotopic (exact) mass is 431 g/mol. The Hall–Kier alpha value is -3.55. The Morgan fingerprint density at radius 3 is 2.62 bits per heavy atom. The summed E-state index contributed by atoms with van der Waals surface area (Å²) >= 11 is 0. The molecule has 166 valence electrons. The third-order valence-corrected chi connectivity index (χ3v) is 6.14. The second-order valence-electron chi connectivity index (χ2n) is 8.72. The lowest BCUT2D eigenvalue weighted by atomic mass is 10.1. The van der Waals surface area contributed by atoms with Gasteiger partial charge in [-0.1, -0.05) is 26.0 Å². The molecule has 1 aliphatic rings. The minimum Gasteiger partial charge on any atom is -0.366 e. The molecule has 1 aliphatic heterocycles. The van der Waals surface area contributed by atoms with E-state index in [0.717, 1.165) is 54.8 Å². The van der Waals surface area contributed by atoms with Gasteiger partial charge < -0.3 is 15.1 Å². The van der Waals surface area contributed by atoms with Gasteiger partial charge in [0.05, 0.1) is 22.9 Å². The molecule has 0 spiro atoms. The Bertz CT molecular complexity index is 1230. The summed E-state index contributed by atoms with van der Waals surface area (Å²) in [6.07, 6.45) is 6.35. The summed E-state index contributed by atoms with van der Waals surface area (Å²) in [5.41, 5.74) is 3.90. The van der Waals surface area contributed by atoms with Gasteiger partial charge >= 0.3 is 6.03 Å². The van der Waals surface area contributed by atoms with Crippen molar-refractivity contribution in [2.24, 2.45) is 5.92 Å². The van der Waals surface area contributed by atoms with E-state index in [1.165, 1.54) is 5.82 Å². The van der Waals surface area contributed by atoms with Crippen LogP contribution in [0.3, 0.4) is 0 Å². The van der Waals surface area contributed by atoms with Crippen LogP contribution in [-0.4, -0.2) is 57.7 Å². The normalized spacial score (nSPS) is 14.6. The molecule has 1 N–H and O–H groups in total. The van der Waals surface area contributed by atoms with Crippen molar-refractivity contribution in [1.82, 2.24) is 24.3 Å². The molecule has 0 bridgehead atoms. The van der Waals surface area contributed by atoms with Gasteiger partial charge in [-0.15, -0.1) is 0 Å². The molecule has 3 aromatic heterocycles.